The zero-order chi connectivity index (χ0) is 18.6. The molecule has 2 heterocycles. The van der Waals surface area contributed by atoms with Crippen LogP contribution in [0.2, 0.25) is 0 Å². The van der Waals surface area contributed by atoms with Crippen LogP contribution in [0.3, 0.4) is 0 Å². The van der Waals surface area contributed by atoms with Crippen molar-refractivity contribution in [1.29, 1.82) is 0 Å². The molecule has 0 spiro atoms. The highest BCUT2D eigenvalue weighted by Crippen LogP contribution is 2.20. The summed E-state index contributed by atoms with van der Waals surface area (Å²) in [5, 5.41) is 1.26. The molecule has 1 aromatic heterocycles. The van der Waals surface area contributed by atoms with Crippen molar-refractivity contribution in [3.63, 3.8) is 0 Å². The van der Waals surface area contributed by atoms with Gasteiger partial charge in [0.2, 0.25) is 10.0 Å². The van der Waals surface area contributed by atoms with Gasteiger partial charge in [-0.2, -0.15) is 4.31 Å². The van der Waals surface area contributed by atoms with Gasteiger partial charge in [-0.3, -0.25) is 0 Å². The fraction of sp³-hybridized carbons (Fsp3) is 0.333. The molecule has 0 bridgehead atoms. The van der Waals surface area contributed by atoms with E-state index in [1.807, 2.05) is 31.2 Å². The van der Waals surface area contributed by atoms with Crippen LogP contribution in [0.15, 0.2) is 46.5 Å². The van der Waals surface area contributed by atoms with Gasteiger partial charge in [0.15, 0.2) is 0 Å². The Kier molecular flexibility index (Phi) is 6.05. The zero-order valence-electron chi connectivity index (χ0n) is 14.4. The first-order chi connectivity index (χ1) is 12.4. The van der Waals surface area contributed by atoms with Crippen LogP contribution in [0.5, 0.6) is 6.01 Å². The molecule has 0 aliphatic carbocycles. The van der Waals surface area contributed by atoms with E-state index in [-0.39, 0.29) is 12.1 Å². The molecule has 0 saturated carbocycles. The van der Waals surface area contributed by atoms with Crippen molar-refractivity contribution >= 4 is 32.0 Å². The molecule has 138 valence electrons. The van der Waals surface area contributed by atoms with E-state index in [9.17, 15) is 8.42 Å². The SMILES string of the molecule is Cc1ccc(/C=C/S(=O)(=O)N2CCC[C@@H](Oc3ncc(Br)cn3)C2)cc1. The van der Waals surface area contributed by atoms with Gasteiger partial charge in [0, 0.05) is 24.3 Å². The van der Waals surface area contributed by atoms with Gasteiger partial charge in [-0.15, -0.1) is 0 Å². The average molecular weight is 438 g/mol. The van der Waals surface area contributed by atoms with Crippen LogP contribution in [-0.4, -0.2) is 41.9 Å². The Hall–Kier alpha value is -1.77. The van der Waals surface area contributed by atoms with Crippen molar-refractivity contribution in [1.82, 2.24) is 14.3 Å². The van der Waals surface area contributed by atoms with Gasteiger partial charge in [0.25, 0.3) is 0 Å². The lowest BCUT2D eigenvalue weighted by Gasteiger charge is -2.30. The molecule has 0 radical (unpaired) electrons. The number of benzene rings is 1. The van der Waals surface area contributed by atoms with Gasteiger partial charge >= 0.3 is 6.01 Å². The van der Waals surface area contributed by atoms with Crippen LogP contribution in [0, 0.1) is 6.92 Å². The predicted octanol–water partition coefficient (Wildman–Crippen LogP) is 3.39. The molecule has 3 rings (SSSR count). The Balaban J connectivity index is 1.65. The third kappa shape index (κ3) is 5.12. The predicted molar refractivity (Wildman–Crippen MR) is 104 cm³/mol. The highest BCUT2D eigenvalue weighted by Gasteiger charge is 2.28. The fourth-order valence-corrected chi connectivity index (χ4v) is 4.13. The van der Waals surface area contributed by atoms with Gasteiger partial charge in [0.05, 0.1) is 11.0 Å². The third-order valence-corrected chi connectivity index (χ3v) is 6.02. The molecule has 26 heavy (non-hydrogen) atoms. The largest absolute Gasteiger partial charge is 0.459 e. The molecule has 1 aliphatic heterocycles. The first-order valence-corrected chi connectivity index (χ1v) is 10.6. The fourth-order valence-electron chi connectivity index (χ4n) is 2.67. The maximum absolute atomic E-state index is 12.6. The van der Waals surface area contributed by atoms with Crippen molar-refractivity contribution in [2.75, 3.05) is 13.1 Å². The number of halogens is 1. The molecule has 1 atom stereocenters. The summed E-state index contributed by atoms with van der Waals surface area (Å²) in [6, 6.07) is 7.96. The van der Waals surface area contributed by atoms with Crippen LogP contribution >= 0.6 is 15.9 Å². The summed E-state index contributed by atoms with van der Waals surface area (Å²) >= 11 is 3.27. The summed E-state index contributed by atoms with van der Waals surface area (Å²) in [5.74, 6) is 0. The quantitative estimate of drug-likeness (QED) is 0.716. The minimum absolute atomic E-state index is 0.257. The Labute approximate surface area is 162 Å². The summed E-state index contributed by atoms with van der Waals surface area (Å²) in [7, 11) is -3.50. The minimum atomic E-state index is -3.50. The van der Waals surface area contributed by atoms with Crippen molar-refractivity contribution in [2.45, 2.75) is 25.9 Å². The number of rotatable bonds is 5. The van der Waals surface area contributed by atoms with Gasteiger partial charge in [0.1, 0.15) is 6.10 Å². The van der Waals surface area contributed by atoms with Crippen LogP contribution < -0.4 is 4.74 Å². The molecule has 1 saturated heterocycles. The highest BCUT2D eigenvalue weighted by atomic mass is 79.9. The number of nitrogens with zero attached hydrogens (tertiary/aromatic N) is 3. The Morgan fingerprint density at radius 2 is 1.92 bits per heavy atom. The maximum atomic E-state index is 12.6. The molecule has 0 N–H and O–H groups in total. The highest BCUT2D eigenvalue weighted by molar-refractivity contribution is 9.10. The van der Waals surface area contributed by atoms with Crippen molar-refractivity contribution in [3.8, 4) is 6.01 Å². The summed E-state index contributed by atoms with van der Waals surface area (Å²) in [6.07, 6.45) is 6.07. The van der Waals surface area contributed by atoms with E-state index in [4.69, 9.17) is 4.74 Å². The van der Waals surface area contributed by atoms with Crippen molar-refractivity contribution in [3.05, 3.63) is 57.7 Å². The van der Waals surface area contributed by atoms with Crippen LogP contribution in [-0.2, 0) is 10.0 Å². The summed E-state index contributed by atoms with van der Waals surface area (Å²) in [4.78, 5) is 8.16. The second-order valence-electron chi connectivity index (χ2n) is 6.18. The Bertz CT molecular complexity index is 868. The molecule has 0 unspecified atom stereocenters. The number of aromatic nitrogens is 2. The first kappa shape index (κ1) is 19.0. The normalized spacial score (nSPS) is 18.9. The van der Waals surface area contributed by atoms with Crippen LogP contribution in [0.4, 0.5) is 0 Å². The summed E-state index contributed by atoms with van der Waals surface area (Å²) in [6.45, 7) is 2.77. The van der Waals surface area contributed by atoms with E-state index in [0.717, 1.165) is 28.4 Å². The van der Waals surface area contributed by atoms with E-state index >= 15 is 0 Å². The molecule has 1 fully saturated rings. The van der Waals surface area contributed by atoms with E-state index in [1.165, 1.54) is 9.71 Å². The molecule has 1 aliphatic rings. The van der Waals surface area contributed by atoms with Gasteiger partial charge in [-0.05, 0) is 47.3 Å². The Morgan fingerprint density at radius 1 is 1.23 bits per heavy atom. The lowest BCUT2D eigenvalue weighted by Crippen LogP contribution is -2.43. The lowest BCUT2D eigenvalue weighted by molar-refractivity contribution is 0.119. The second kappa shape index (κ2) is 8.28. The van der Waals surface area contributed by atoms with E-state index in [2.05, 4.69) is 25.9 Å². The minimum Gasteiger partial charge on any atom is -0.459 e. The standard InChI is InChI=1S/C18H20BrN3O3S/c1-14-4-6-15(7-5-14)8-10-26(23,24)22-9-2-3-17(13-22)25-18-20-11-16(19)12-21-18/h4-8,10-12,17H,2-3,9,13H2,1H3/b10-8+/t17-/m1/s1. The first-order valence-electron chi connectivity index (χ1n) is 8.31. The number of hydrogen-bond acceptors (Lipinski definition) is 5. The molecule has 8 heteroatoms. The van der Waals surface area contributed by atoms with E-state index < -0.39 is 10.0 Å². The Morgan fingerprint density at radius 3 is 2.62 bits per heavy atom. The maximum Gasteiger partial charge on any atom is 0.316 e. The van der Waals surface area contributed by atoms with E-state index in [0.29, 0.717) is 13.1 Å². The van der Waals surface area contributed by atoms with E-state index in [1.54, 1.807) is 18.5 Å². The molecule has 6 nitrogen and oxygen atoms in total. The second-order valence-corrected chi connectivity index (χ2v) is 8.92. The molecular formula is C18H20BrN3O3S. The summed E-state index contributed by atoms with van der Waals surface area (Å²) in [5.41, 5.74) is 1.99. The van der Waals surface area contributed by atoms with Crippen molar-refractivity contribution in [2.24, 2.45) is 0 Å². The molecule has 2 aromatic rings. The molecular weight excluding hydrogens is 418 g/mol. The zero-order valence-corrected chi connectivity index (χ0v) is 16.8. The summed E-state index contributed by atoms with van der Waals surface area (Å²) < 4.78 is 33.2. The van der Waals surface area contributed by atoms with Gasteiger partial charge in [-0.25, -0.2) is 18.4 Å². The third-order valence-electron chi connectivity index (χ3n) is 4.08. The molecule has 1 aromatic carbocycles. The topological polar surface area (TPSA) is 72.4 Å². The average Bonchev–Trinajstić information content (AvgIpc) is 2.63. The van der Waals surface area contributed by atoms with Gasteiger partial charge in [-0.1, -0.05) is 29.8 Å². The number of hydrogen-bond donors (Lipinski definition) is 0. The number of piperidine rings is 1. The molecule has 0 amide bonds. The smallest absolute Gasteiger partial charge is 0.316 e. The van der Waals surface area contributed by atoms with Gasteiger partial charge < -0.3 is 4.74 Å². The lowest BCUT2D eigenvalue weighted by atomic mass is 10.1. The van der Waals surface area contributed by atoms with Crippen LogP contribution in [0.25, 0.3) is 6.08 Å². The number of aryl methyl sites for hydroxylation is 1. The number of sulfonamides is 1. The van der Waals surface area contributed by atoms with Crippen molar-refractivity contribution < 1.29 is 13.2 Å². The van der Waals surface area contributed by atoms with Crippen LogP contribution in [0.1, 0.15) is 24.0 Å². The number of ether oxygens (including phenoxy) is 1. The monoisotopic (exact) mass is 437 g/mol.